The van der Waals surface area contributed by atoms with Crippen molar-refractivity contribution in [3.63, 3.8) is 0 Å². The lowest BCUT2D eigenvalue weighted by Gasteiger charge is -2.18. The van der Waals surface area contributed by atoms with E-state index in [1.807, 2.05) is 12.1 Å². The molecule has 0 saturated heterocycles. The Morgan fingerprint density at radius 2 is 1.70 bits per heavy atom. The maximum atomic E-state index is 12.4. The lowest BCUT2D eigenvalue weighted by atomic mass is 10.2. The molecule has 0 radical (unpaired) electrons. The Kier molecular flexibility index (Phi) is 3.78. The molecule has 20 heavy (non-hydrogen) atoms. The second-order valence-electron chi connectivity index (χ2n) is 4.37. The number of hydrogen-bond acceptors (Lipinski definition) is 4. The van der Waals surface area contributed by atoms with Crippen molar-refractivity contribution in [1.82, 2.24) is 10.2 Å². The molecule has 2 aromatic rings. The third-order valence-corrected chi connectivity index (χ3v) is 2.73. The minimum atomic E-state index is -4.47. The largest absolute Gasteiger partial charge is 0.435 e. The van der Waals surface area contributed by atoms with Gasteiger partial charge in [-0.25, -0.2) is 0 Å². The third kappa shape index (κ3) is 3.37. The molecule has 7 heteroatoms. The summed E-state index contributed by atoms with van der Waals surface area (Å²) in [6.07, 6.45) is -4.47. The van der Waals surface area contributed by atoms with Crippen molar-refractivity contribution in [2.45, 2.75) is 12.7 Å². The Morgan fingerprint density at radius 1 is 1.05 bits per heavy atom. The molecule has 0 spiro atoms. The number of nitrogen functional groups attached to an aromatic ring is 1. The van der Waals surface area contributed by atoms with Crippen LogP contribution in [0.25, 0.3) is 0 Å². The monoisotopic (exact) mass is 282 g/mol. The molecule has 2 rings (SSSR count). The smallest absolute Gasteiger partial charge is 0.399 e. The predicted octanol–water partition coefficient (Wildman–Crippen LogP) is 2.71. The third-order valence-electron chi connectivity index (χ3n) is 2.73. The van der Waals surface area contributed by atoms with Gasteiger partial charge in [0, 0.05) is 19.3 Å². The number of aromatic nitrogens is 2. The molecule has 1 heterocycles. The van der Waals surface area contributed by atoms with Gasteiger partial charge in [0.05, 0.1) is 0 Å². The molecule has 0 unspecified atom stereocenters. The van der Waals surface area contributed by atoms with Gasteiger partial charge in [0.1, 0.15) is 0 Å². The van der Waals surface area contributed by atoms with E-state index in [0.29, 0.717) is 18.1 Å². The average Bonchev–Trinajstić information content (AvgIpc) is 2.40. The van der Waals surface area contributed by atoms with E-state index in [1.54, 1.807) is 24.1 Å². The molecule has 2 N–H and O–H groups in total. The van der Waals surface area contributed by atoms with Crippen LogP contribution >= 0.6 is 0 Å². The van der Waals surface area contributed by atoms with E-state index in [9.17, 15) is 13.2 Å². The first-order valence-electron chi connectivity index (χ1n) is 5.83. The first-order chi connectivity index (χ1) is 9.36. The number of anilines is 2. The summed E-state index contributed by atoms with van der Waals surface area (Å²) in [5, 5.41) is 6.78. The molecule has 1 aromatic heterocycles. The van der Waals surface area contributed by atoms with Crippen molar-refractivity contribution in [1.29, 1.82) is 0 Å². The van der Waals surface area contributed by atoms with E-state index >= 15 is 0 Å². The van der Waals surface area contributed by atoms with Crippen LogP contribution in [0.1, 0.15) is 11.3 Å². The number of alkyl halides is 3. The number of nitrogens with zero attached hydrogens (tertiary/aromatic N) is 3. The molecule has 0 bridgehead atoms. The van der Waals surface area contributed by atoms with Gasteiger partial charge in [-0.3, -0.25) is 0 Å². The number of rotatable bonds is 3. The summed E-state index contributed by atoms with van der Waals surface area (Å²) in [6.45, 7) is 0.500. The van der Waals surface area contributed by atoms with Crippen LogP contribution in [0.4, 0.5) is 24.7 Å². The summed E-state index contributed by atoms with van der Waals surface area (Å²) in [4.78, 5) is 1.71. The molecular weight excluding hydrogens is 269 g/mol. The molecule has 0 amide bonds. The van der Waals surface area contributed by atoms with Gasteiger partial charge in [0.2, 0.25) is 0 Å². The van der Waals surface area contributed by atoms with Gasteiger partial charge in [0.15, 0.2) is 11.5 Å². The highest BCUT2D eigenvalue weighted by Gasteiger charge is 2.32. The average molecular weight is 282 g/mol. The number of nitrogens with two attached hydrogens (primary N) is 1. The SMILES string of the molecule is CN(Cc1ccc(N)cc1)c1ccc(C(F)(F)F)nn1. The number of benzene rings is 1. The summed E-state index contributed by atoms with van der Waals surface area (Å²) < 4.78 is 37.1. The summed E-state index contributed by atoms with van der Waals surface area (Å²) in [5.74, 6) is 0.370. The number of hydrogen-bond donors (Lipinski definition) is 1. The highest BCUT2D eigenvalue weighted by atomic mass is 19.4. The lowest BCUT2D eigenvalue weighted by molar-refractivity contribution is -0.141. The quantitative estimate of drug-likeness (QED) is 0.879. The van der Waals surface area contributed by atoms with E-state index in [0.717, 1.165) is 11.6 Å². The van der Waals surface area contributed by atoms with Gasteiger partial charge in [-0.15, -0.1) is 10.2 Å². The Morgan fingerprint density at radius 3 is 2.20 bits per heavy atom. The Labute approximate surface area is 114 Å². The fourth-order valence-electron chi connectivity index (χ4n) is 1.66. The standard InChI is InChI=1S/C13H13F3N4/c1-20(8-9-2-4-10(17)5-3-9)12-7-6-11(18-19-12)13(14,15)16/h2-7H,8,17H2,1H3. The van der Waals surface area contributed by atoms with Crippen LogP contribution in [0.3, 0.4) is 0 Å². The van der Waals surface area contributed by atoms with Crippen molar-refractivity contribution in [2.75, 3.05) is 17.7 Å². The van der Waals surface area contributed by atoms with Gasteiger partial charge < -0.3 is 10.6 Å². The molecule has 106 valence electrons. The van der Waals surface area contributed by atoms with Crippen LogP contribution in [0, 0.1) is 0 Å². The topological polar surface area (TPSA) is 55.0 Å². The van der Waals surface area contributed by atoms with Crippen LogP contribution in [-0.4, -0.2) is 17.2 Å². The van der Waals surface area contributed by atoms with E-state index in [4.69, 9.17) is 5.73 Å². The molecule has 0 aliphatic carbocycles. The second kappa shape index (κ2) is 5.36. The van der Waals surface area contributed by atoms with Gasteiger partial charge in [-0.2, -0.15) is 13.2 Å². The second-order valence-corrected chi connectivity index (χ2v) is 4.37. The lowest BCUT2D eigenvalue weighted by Crippen LogP contribution is -2.19. The molecule has 0 fully saturated rings. The predicted molar refractivity (Wildman–Crippen MR) is 70.0 cm³/mol. The molecule has 0 aliphatic rings. The molecular formula is C13H13F3N4. The van der Waals surface area contributed by atoms with Crippen LogP contribution in [-0.2, 0) is 12.7 Å². The van der Waals surface area contributed by atoms with Gasteiger partial charge in [-0.05, 0) is 29.8 Å². The molecule has 0 atom stereocenters. The molecule has 4 nitrogen and oxygen atoms in total. The number of halogens is 3. The summed E-state index contributed by atoms with van der Waals surface area (Å²) >= 11 is 0. The summed E-state index contributed by atoms with van der Waals surface area (Å²) in [7, 11) is 1.73. The van der Waals surface area contributed by atoms with Crippen LogP contribution in [0.15, 0.2) is 36.4 Å². The van der Waals surface area contributed by atoms with Gasteiger partial charge in [-0.1, -0.05) is 12.1 Å². The van der Waals surface area contributed by atoms with E-state index in [1.165, 1.54) is 6.07 Å². The van der Waals surface area contributed by atoms with Gasteiger partial charge in [0.25, 0.3) is 0 Å². The first-order valence-corrected chi connectivity index (χ1v) is 5.83. The zero-order valence-electron chi connectivity index (χ0n) is 10.7. The highest BCUT2D eigenvalue weighted by molar-refractivity contribution is 5.42. The Balaban J connectivity index is 2.09. The van der Waals surface area contributed by atoms with Crippen molar-refractivity contribution >= 4 is 11.5 Å². The van der Waals surface area contributed by atoms with Crippen LogP contribution < -0.4 is 10.6 Å². The maximum Gasteiger partial charge on any atom is 0.435 e. The normalized spacial score (nSPS) is 11.4. The van der Waals surface area contributed by atoms with Crippen LogP contribution in [0.2, 0.25) is 0 Å². The molecule has 0 aliphatic heterocycles. The molecule has 0 saturated carbocycles. The maximum absolute atomic E-state index is 12.4. The van der Waals surface area contributed by atoms with E-state index in [-0.39, 0.29) is 0 Å². The van der Waals surface area contributed by atoms with Crippen LogP contribution in [0.5, 0.6) is 0 Å². The zero-order valence-corrected chi connectivity index (χ0v) is 10.7. The summed E-state index contributed by atoms with van der Waals surface area (Å²) in [6, 6.07) is 9.45. The van der Waals surface area contributed by atoms with Crippen molar-refractivity contribution in [3.05, 3.63) is 47.7 Å². The minimum Gasteiger partial charge on any atom is -0.399 e. The first kappa shape index (κ1) is 14.1. The van der Waals surface area contributed by atoms with E-state index in [2.05, 4.69) is 10.2 Å². The van der Waals surface area contributed by atoms with Crippen molar-refractivity contribution in [3.8, 4) is 0 Å². The zero-order chi connectivity index (χ0) is 14.8. The Hall–Kier alpha value is -2.31. The van der Waals surface area contributed by atoms with Gasteiger partial charge >= 0.3 is 6.18 Å². The molecule has 1 aromatic carbocycles. The fourth-order valence-corrected chi connectivity index (χ4v) is 1.66. The Bertz CT molecular complexity index is 564. The van der Waals surface area contributed by atoms with Crippen molar-refractivity contribution < 1.29 is 13.2 Å². The minimum absolute atomic E-state index is 0.370. The highest BCUT2D eigenvalue weighted by Crippen LogP contribution is 2.27. The fraction of sp³-hybridized carbons (Fsp3) is 0.231. The van der Waals surface area contributed by atoms with Crippen molar-refractivity contribution in [2.24, 2.45) is 0 Å². The van der Waals surface area contributed by atoms with E-state index < -0.39 is 11.9 Å². The summed E-state index contributed by atoms with van der Waals surface area (Å²) in [5.41, 5.74) is 6.22.